The fourth-order valence-electron chi connectivity index (χ4n) is 7.63. The Labute approximate surface area is 143 Å². The van der Waals surface area contributed by atoms with E-state index in [1.54, 1.807) is 32.1 Å². The second-order valence-electron chi connectivity index (χ2n) is 9.92. The van der Waals surface area contributed by atoms with E-state index in [-0.39, 0.29) is 0 Å². The average Bonchev–Trinajstić information content (AvgIpc) is 2.54. The summed E-state index contributed by atoms with van der Waals surface area (Å²) in [7, 11) is 0. The molecule has 0 aromatic heterocycles. The first-order valence-electron chi connectivity index (χ1n) is 10.7. The molecule has 6 rings (SSSR count). The minimum Gasteiger partial charge on any atom is -0.298 e. The lowest BCUT2D eigenvalue weighted by Crippen LogP contribution is -2.61. The fraction of sp³-hybridized carbons (Fsp3) is 1.00. The van der Waals surface area contributed by atoms with Crippen molar-refractivity contribution in [1.82, 2.24) is 9.80 Å². The molecule has 0 amide bonds. The van der Waals surface area contributed by atoms with E-state index in [0.29, 0.717) is 0 Å². The molecule has 2 atom stereocenters. The normalized spacial score (nSPS) is 51.3. The van der Waals surface area contributed by atoms with Crippen LogP contribution in [-0.4, -0.2) is 48.1 Å². The van der Waals surface area contributed by atoms with Crippen LogP contribution in [0.5, 0.6) is 0 Å². The maximum absolute atomic E-state index is 2.95. The number of hydrogen-bond donors (Lipinski definition) is 0. The van der Waals surface area contributed by atoms with Crippen LogP contribution in [0.2, 0.25) is 0 Å². The molecular formula is C21H36N2. The summed E-state index contributed by atoms with van der Waals surface area (Å²) in [5.74, 6) is 5.37. The second kappa shape index (κ2) is 6.02. The summed E-state index contributed by atoms with van der Waals surface area (Å²) in [6.07, 6.45) is 13.8. The monoisotopic (exact) mass is 316 g/mol. The Kier molecular flexibility index (Phi) is 3.98. The van der Waals surface area contributed by atoms with E-state index < -0.39 is 0 Å². The molecule has 4 bridgehead atoms. The molecule has 2 nitrogen and oxygen atoms in total. The standard InChI is InChI=1S/C21H36N2/c1-15-3-2-4-20(9-15)22-5-7-23(8-6-22)21-18-11-16-10-17(13-18)14-19(21)12-16/h15-21H,2-14H2,1H3/t15-,16?,17?,18?,19?,20-,21?/m0/s1. The predicted octanol–water partition coefficient (Wildman–Crippen LogP) is 4.01. The van der Waals surface area contributed by atoms with Crippen LogP contribution >= 0.6 is 0 Å². The van der Waals surface area contributed by atoms with Crippen LogP contribution < -0.4 is 0 Å². The van der Waals surface area contributed by atoms with Crippen molar-refractivity contribution < 1.29 is 0 Å². The highest BCUT2D eigenvalue weighted by Gasteiger charge is 2.50. The van der Waals surface area contributed by atoms with Gasteiger partial charge in [0.15, 0.2) is 0 Å². The van der Waals surface area contributed by atoms with Crippen molar-refractivity contribution in [3.8, 4) is 0 Å². The number of rotatable bonds is 2. The summed E-state index contributed by atoms with van der Waals surface area (Å²) in [6, 6.07) is 1.90. The Balaban J connectivity index is 1.20. The van der Waals surface area contributed by atoms with E-state index in [4.69, 9.17) is 0 Å². The highest BCUT2D eigenvalue weighted by Crippen LogP contribution is 2.55. The average molecular weight is 317 g/mol. The number of hydrogen-bond acceptors (Lipinski definition) is 2. The molecule has 1 heterocycles. The number of nitrogens with zero attached hydrogens (tertiary/aromatic N) is 2. The highest BCUT2D eigenvalue weighted by molar-refractivity contribution is 5.03. The van der Waals surface area contributed by atoms with Crippen LogP contribution in [0.25, 0.3) is 0 Å². The first kappa shape index (κ1) is 15.2. The molecule has 2 heteroatoms. The van der Waals surface area contributed by atoms with Crippen molar-refractivity contribution in [1.29, 1.82) is 0 Å². The predicted molar refractivity (Wildman–Crippen MR) is 95.4 cm³/mol. The fourth-order valence-corrected chi connectivity index (χ4v) is 7.63. The first-order chi connectivity index (χ1) is 11.3. The molecule has 0 unspecified atom stereocenters. The van der Waals surface area contributed by atoms with E-state index >= 15 is 0 Å². The smallest absolute Gasteiger partial charge is 0.0153 e. The molecule has 0 radical (unpaired) electrons. The third-order valence-corrected chi connectivity index (χ3v) is 8.37. The van der Waals surface area contributed by atoms with Crippen LogP contribution in [0.3, 0.4) is 0 Å². The molecule has 6 aliphatic rings. The van der Waals surface area contributed by atoms with Gasteiger partial charge in [0.25, 0.3) is 0 Å². The van der Waals surface area contributed by atoms with Gasteiger partial charge >= 0.3 is 0 Å². The lowest BCUT2D eigenvalue weighted by Gasteiger charge is -2.58. The van der Waals surface area contributed by atoms with Gasteiger partial charge in [-0.05, 0) is 74.5 Å². The minimum atomic E-state index is 0.916. The summed E-state index contributed by atoms with van der Waals surface area (Å²) in [5, 5.41) is 0. The summed E-state index contributed by atoms with van der Waals surface area (Å²) < 4.78 is 0. The van der Waals surface area contributed by atoms with Crippen LogP contribution in [0.1, 0.15) is 64.7 Å². The van der Waals surface area contributed by atoms with E-state index in [0.717, 1.165) is 41.7 Å². The zero-order chi connectivity index (χ0) is 15.4. The van der Waals surface area contributed by atoms with Gasteiger partial charge in [-0.1, -0.05) is 19.8 Å². The van der Waals surface area contributed by atoms with E-state index in [1.165, 1.54) is 51.9 Å². The van der Waals surface area contributed by atoms with E-state index in [1.807, 2.05) is 0 Å². The van der Waals surface area contributed by atoms with Gasteiger partial charge in [0, 0.05) is 38.3 Å². The molecule has 5 aliphatic carbocycles. The lowest BCUT2D eigenvalue weighted by molar-refractivity contribution is -0.0804. The highest BCUT2D eigenvalue weighted by atomic mass is 15.3. The van der Waals surface area contributed by atoms with Gasteiger partial charge in [-0.2, -0.15) is 0 Å². The Morgan fingerprint density at radius 1 is 0.652 bits per heavy atom. The van der Waals surface area contributed by atoms with Crippen LogP contribution in [0.4, 0.5) is 0 Å². The van der Waals surface area contributed by atoms with Crippen molar-refractivity contribution in [2.45, 2.75) is 76.8 Å². The van der Waals surface area contributed by atoms with Crippen molar-refractivity contribution in [3.05, 3.63) is 0 Å². The van der Waals surface area contributed by atoms with E-state index in [9.17, 15) is 0 Å². The van der Waals surface area contributed by atoms with Gasteiger partial charge in [-0.25, -0.2) is 0 Å². The lowest BCUT2D eigenvalue weighted by atomic mass is 9.54. The molecule has 23 heavy (non-hydrogen) atoms. The summed E-state index contributed by atoms with van der Waals surface area (Å²) >= 11 is 0. The first-order valence-corrected chi connectivity index (χ1v) is 10.7. The molecular weight excluding hydrogens is 280 g/mol. The molecule has 130 valence electrons. The third kappa shape index (κ3) is 2.78. The molecule has 0 aromatic rings. The van der Waals surface area contributed by atoms with Crippen LogP contribution in [0.15, 0.2) is 0 Å². The van der Waals surface area contributed by atoms with Gasteiger partial charge in [-0.3, -0.25) is 9.80 Å². The second-order valence-corrected chi connectivity index (χ2v) is 9.92. The Bertz CT molecular complexity index is 398. The third-order valence-electron chi connectivity index (χ3n) is 8.37. The summed E-state index contributed by atoms with van der Waals surface area (Å²) in [6.45, 7) is 7.94. The molecule has 1 aliphatic heterocycles. The quantitative estimate of drug-likeness (QED) is 0.759. The van der Waals surface area contributed by atoms with Crippen molar-refractivity contribution >= 4 is 0 Å². The topological polar surface area (TPSA) is 6.48 Å². The van der Waals surface area contributed by atoms with Gasteiger partial charge in [-0.15, -0.1) is 0 Å². The van der Waals surface area contributed by atoms with Crippen molar-refractivity contribution in [2.24, 2.45) is 29.6 Å². The summed E-state index contributed by atoms with van der Waals surface area (Å²) in [5.41, 5.74) is 0. The van der Waals surface area contributed by atoms with Gasteiger partial charge in [0.05, 0.1) is 0 Å². The minimum absolute atomic E-state index is 0.916. The Hall–Kier alpha value is -0.0800. The summed E-state index contributed by atoms with van der Waals surface area (Å²) in [4.78, 5) is 5.82. The van der Waals surface area contributed by atoms with Crippen molar-refractivity contribution in [3.63, 3.8) is 0 Å². The van der Waals surface area contributed by atoms with Crippen LogP contribution in [-0.2, 0) is 0 Å². The molecule has 6 fully saturated rings. The van der Waals surface area contributed by atoms with E-state index in [2.05, 4.69) is 16.7 Å². The number of piperazine rings is 1. The van der Waals surface area contributed by atoms with Crippen LogP contribution in [0, 0.1) is 29.6 Å². The maximum Gasteiger partial charge on any atom is 0.0153 e. The molecule has 5 saturated carbocycles. The maximum atomic E-state index is 2.95. The molecule has 0 aromatic carbocycles. The molecule has 1 saturated heterocycles. The van der Waals surface area contributed by atoms with Gasteiger partial charge in [0.2, 0.25) is 0 Å². The zero-order valence-electron chi connectivity index (χ0n) is 15.1. The molecule has 0 spiro atoms. The SMILES string of the molecule is C[C@H]1CCC[C@H](N2CCN(C3C4CC5CC(C4)CC3C5)CC2)C1. The Morgan fingerprint density at radius 2 is 1.26 bits per heavy atom. The molecule has 0 N–H and O–H groups in total. The Morgan fingerprint density at radius 3 is 1.87 bits per heavy atom. The van der Waals surface area contributed by atoms with Gasteiger partial charge < -0.3 is 0 Å². The van der Waals surface area contributed by atoms with Gasteiger partial charge in [0.1, 0.15) is 0 Å². The largest absolute Gasteiger partial charge is 0.298 e. The van der Waals surface area contributed by atoms with Crippen molar-refractivity contribution in [2.75, 3.05) is 26.2 Å². The zero-order valence-corrected chi connectivity index (χ0v) is 15.1.